The van der Waals surface area contributed by atoms with E-state index in [1.165, 1.54) is 77.3 Å². The van der Waals surface area contributed by atoms with Crippen molar-refractivity contribution in [3.8, 4) is 0 Å². The van der Waals surface area contributed by atoms with Gasteiger partial charge in [0.25, 0.3) is 0 Å². The molecular formula is C20H29N. The van der Waals surface area contributed by atoms with Crippen LogP contribution in [0.2, 0.25) is 0 Å². The van der Waals surface area contributed by atoms with Crippen molar-refractivity contribution in [3.05, 3.63) is 35.4 Å². The van der Waals surface area contributed by atoms with E-state index in [-0.39, 0.29) is 0 Å². The Morgan fingerprint density at radius 1 is 0.857 bits per heavy atom. The smallest absolute Gasteiger partial charge is 0.00956 e. The van der Waals surface area contributed by atoms with Gasteiger partial charge in [-0.15, -0.1) is 0 Å². The lowest BCUT2D eigenvalue weighted by Crippen LogP contribution is -2.44. The molecule has 2 fully saturated rings. The summed E-state index contributed by atoms with van der Waals surface area (Å²) in [6, 6.07) is 10.1. The van der Waals surface area contributed by atoms with E-state index in [9.17, 15) is 0 Å². The summed E-state index contributed by atoms with van der Waals surface area (Å²) in [6.07, 6.45) is 14.3. The number of likely N-dealkylation sites (tertiary alicyclic amines) is 1. The van der Waals surface area contributed by atoms with Gasteiger partial charge >= 0.3 is 0 Å². The molecule has 21 heavy (non-hydrogen) atoms. The Balaban J connectivity index is 1.41. The molecule has 1 nitrogen and oxygen atoms in total. The molecule has 0 atom stereocenters. The molecular weight excluding hydrogens is 254 g/mol. The number of hydrogen-bond donors (Lipinski definition) is 0. The molecule has 0 aromatic heterocycles. The highest BCUT2D eigenvalue weighted by Gasteiger charge is 2.39. The van der Waals surface area contributed by atoms with E-state index >= 15 is 0 Å². The second-order valence-electron chi connectivity index (χ2n) is 7.77. The van der Waals surface area contributed by atoms with Crippen LogP contribution in [-0.4, -0.2) is 24.0 Å². The Morgan fingerprint density at radius 3 is 2.33 bits per heavy atom. The van der Waals surface area contributed by atoms with Crippen LogP contribution in [0.15, 0.2) is 24.3 Å². The lowest BCUT2D eigenvalue weighted by atomic mass is 9.63. The molecule has 1 saturated carbocycles. The molecule has 0 unspecified atom stereocenters. The predicted molar refractivity (Wildman–Crippen MR) is 88.6 cm³/mol. The first-order chi connectivity index (χ1) is 10.3. The van der Waals surface area contributed by atoms with Gasteiger partial charge in [0, 0.05) is 6.04 Å². The minimum absolute atomic E-state index is 0.653. The molecule has 0 N–H and O–H groups in total. The van der Waals surface area contributed by atoms with Gasteiger partial charge in [-0.3, -0.25) is 0 Å². The SMILES string of the molecule is c1ccc2c(c1)CCC1(CCC(N3CCCCC3)CC1)C2. The van der Waals surface area contributed by atoms with Gasteiger partial charge in [0.2, 0.25) is 0 Å². The van der Waals surface area contributed by atoms with Crippen molar-refractivity contribution in [1.82, 2.24) is 4.90 Å². The average molecular weight is 283 g/mol. The zero-order chi connectivity index (χ0) is 14.1. The number of nitrogens with zero attached hydrogens (tertiary/aromatic N) is 1. The van der Waals surface area contributed by atoms with Crippen molar-refractivity contribution in [3.63, 3.8) is 0 Å². The molecule has 0 radical (unpaired) electrons. The first-order valence-electron chi connectivity index (χ1n) is 9.16. The van der Waals surface area contributed by atoms with E-state index in [1.807, 2.05) is 0 Å². The van der Waals surface area contributed by atoms with E-state index in [2.05, 4.69) is 29.2 Å². The molecule has 1 saturated heterocycles. The lowest BCUT2D eigenvalue weighted by molar-refractivity contribution is 0.0667. The maximum absolute atomic E-state index is 2.81. The molecule has 1 spiro atoms. The predicted octanol–water partition coefficient (Wildman–Crippen LogP) is 4.59. The molecule has 3 aliphatic rings. The van der Waals surface area contributed by atoms with Gasteiger partial charge in [-0.05, 0) is 87.4 Å². The van der Waals surface area contributed by atoms with Crippen molar-refractivity contribution in [2.45, 2.75) is 70.3 Å². The summed E-state index contributed by atoms with van der Waals surface area (Å²) in [6.45, 7) is 2.75. The van der Waals surface area contributed by atoms with Crippen molar-refractivity contribution >= 4 is 0 Å². The van der Waals surface area contributed by atoms with E-state index in [0.717, 1.165) is 6.04 Å². The Labute approximate surface area is 129 Å². The minimum atomic E-state index is 0.653. The molecule has 114 valence electrons. The van der Waals surface area contributed by atoms with Crippen LogP contribution in [0.4, 0.5) is 0 Å². The van der Waals surface area contributed by atoms with Crippen molar-refractivity contribution in [2.24, 2.45) is 5.41 Å². The largest absolute Gasteiger partial charge is 0.300 e. The lowest BCUT2D eigenvalue weighted by Gasteiger charge is -2.46. The fourth-order valence-corrected chi connectivity index (χ4v) is 5.16. The summed E-state index contributed by atoms with van der Waals surface area (Å²) in [5.41, 5.74) is 3.93. The summed E-state index contributed by atoms with van der Waals surface area (Å²) < 4.78 is 0. The zero-order valence-electron chi connectivity index (χ0n) is 13.3. The Bertz CT molecular complexity index is 478. The Hall–Kier alpha value is -0.820. The number of rotatable bonds is 1. The standard InChI is InChI=1S/C20H29N/c1-4-14-21(15-5-1)19-9-12-20(13-10-19)11-8-17-6-2-3-7-18(17)16-20/h2-3,6-7,19H,1,4-5,8-16H2. The summed E-state index contributed by atoms with van der Waals surface area (Å²) in [5, 5.41) is 0. The van der Waals surface area contributed by atoms with Crippen molar-refractivity contribution in [2.75, 3.05) is 13.1 Å². The summed E-state index contributed by atoms with van der Waals surface area (Å²) in [4.78, 5) is 2.81. The van der Waals surface area contributed by atoms with Crippen molar-refractivity contribution in [1.29, 1.82) is 0 Å². The number of aryl methyl sites for hydroxylation is 1. The summed E-state index contributed by atoms with van der Waals surface area (Å²) in [5.74, 6) is 0. The van der Waals surface area contributed by atoms with Crippen LogP contribution in [0.5, 0.6) is 0 Å². The van der Waals surface area contributed by atoms with Gasteiger partial charge in [0.15, 0.2) is 0 Å². The van der Waals surface area contributed by atoms with E-state index in [0.29, 0.717) is 5.41 Å². The average Bonchev–Trinajstić information content (AvgIpc) is 2.56. The zero-order valence-corrected chi connectivity index (χ0v) is 13.3. The normalized spacial score (nSPS) is 33.8. The van der Waals surface area contributed by atoms with Gasteiger partial charge < -0.3 is 4.90 Å². The van der Waals surface area contributed by atoms with Crippen LogP contribution in [0.25, 0.3) is 0 Å². The fourth-order valence-electron chi connectivity index (χ4n) is 5.16. The van der Waals surface area contributed by atoms with Crippen LogP contribution in [-0.2, 0) is 12.8 Å². The maximum atomic E-state index is 2.81. The first-order valence-corrected chi connectivity index (χ1v) is 9.16. The van der Waals surface area contributed by atoms with Gasteiger partial charge in [-0.25, -0.2) is 0 Å². The van der Waals surface area contributed by atoms with Gasteiger partial charge in [-0.2, -0.15) is 0 Å². The van der Waals surface area contributed by atoms with E-state index in [4.69, 9.17) is 0 Å². The molecule has 0 bridgehead atoms. The van der Waals surface area contributed by atoms with Gasteiger partial charge in [0.1, 0.15) is 0 Å². The summed E-state index contributed by atoms with van der Waals surface area (Å²) >= 11 is 0. The number of fused-ring (bicyclic) bond motifs is 1. The molecule has 1 aromatic rings. The number of benzene rings is 1. The molecule has 1 heteroatoms. The van der Waals surface area contributed by atoms with Gasteiger partial charge in [0.05, 0.1) is 0 Å². The molecule has 1 aliphatic heterocycles. The van der Waals surface area contributed by atoms with Gasteiger partial charge in [-0.1, -0.05) is 30.7 Å². The second-order valence-corrected chi connectivity index (χ2v) is 7.77. The highest BCUT2D eigenvalue weighted by Crippen LogP contribution is 2.47. The van der Waals surface area contributed by atoms with E-state index in [1.54, 1.807) is 11.1 Å². The maximum Gasteiger partial charge on any atom is 0.00956 e. The van der Waals surface area contributed by atoms with Crippen LogP contribution in [0, 0.1) is 5.41 Å². The molecule has 2 aliphatic carbocycles. The topological polar surface area (TPSA) is 3.24 Å². The van der Waals surface area contributed by atoms with Crippen LogP contribution < -0.4 is 0 Å². The third-order valence-corrected chi connectivity index (χ3v) is 6.53. The van der Waals surface area contributed by atoms with Crippen LogP contribution >= 0.6 is 0 Å². The monoisotopic (exact) mass is 283 g/mol. The number of piperidine rings is 1. The third-order valence-electron chi connectivity index (χ3n) is 6.53. The first kappa shape index (κ1) is 13.8. The number of hydrogen-bond acceptors (Lipinski definition) is 1. The van der Waals surface area contributed by atoms with Crippen LogP contribution in [0.3, 0.4) is 0 Å². The minimum Gasteiger partial charge on any atom is -0.300 e. The molecule has 4 rings (SSSR count). The Morgan fingerprint density at radius 2 is 1.57 bits per heavy atom. The molecule has 0 amide bonds. The van der Waals surface area contributed by atoms with E-state index < -0.39 is 0 Å². The fraction of sp³-hybridized carbons (Fsp3) is 0.700. The highest BCUT2D eigenvalue weighted by atomic mass is 15.2. The molecule has 1 heterocycles. The second kappa shape index (κ2) is 5.76. The van der Waals surface area contributed by atoms with Crippen molar-refractivity contribution < 1.29 is 0 Å². The Kier molecular flexibility index (Phi) is 3.79. The quantitative estimate of drug-likeness (QED) is 0.728. The molecule has 1 aromatic carbocycles. The highest BCUT2D eigenvalue weighted by molar-refractivity contribution is 5.31. The van der Waals surface area contributed by atoms with Crippen LogP contribution in [0.1, 0.15) is 62.5 Å². The summed E-state index contributed by atoms with van der Waals surface area (Å²) in [7, 11) is 0. The third kappa shape index (κ3) is 2.77.